The topological polar surface area (TPSA) is 12.5 Å². The number of piperidine rings is 1. The van der Waals surface area contributed by atoms with Crippen molar-refractivity contribution in [2.45, 2.75) is 38.1 Å². The average Bonchev–Trinajstić information content (AvgIpc) is 2.37. The van der Waals surface area contributed by atoms with Gasteiger partial charge in [-0.25, -0.2) is 0 Å². The van der Waals surface area contributed by atoms with Crippen molar-refractivity contribution in [1.82, 2.24) is 4.90 Å². The molecule has 2 heterocycles. The molecule has 2 bridgehead atoms. The van der Waals surface area contributed by atoms with Crippen LogP contribution in [-0.4, -0.2) is 30.3 Å². The molecule has 2 fully saturated rings. The molecule has 2 saturated heterocycles. The van der Waals surface area contributed by atoms with Crippen molar-refractivity contribution in [2.24, 2.45) is 0 Å². The predicted molar refractivity (Wildman–Crippen MR) is 35.1 cm³/mol. The molecule has 0 N–H and O–H groups in total. The number of hydrogen-bond donors (Lipinski definition) is 0. The summed E-state index contributed by atoms with van der Waals surface area (Å²) in [6.07, 6.45) is 3.51. The summed E-state index contributed by atoms with van der Waals surface area (Å²) in [7, 11) is 2.15. The van der Waals surface area contributed by atoms with Gasteiger partial charge < -0.3 is 4.74 Å². The highest BCUT2D eigenvalue weighted by Gasteiger charge is 2.42. The van der Waals surface area contributed by atoms with Gasteiger partial charge in [-0.1, -0.05) is 0 Å². The molecule has 2 aliphatic heterocycles. The Balaban J connectivity index is 2.15. The highest BCUT2D eigenvalue weighted by atomic mass is 16.5. The zero-order valence-electron chi connectivity index (χ0n) is 6.00. The lowest BCUT2D eigenvalue weighted by molar-refractivity contribution is 0.0584. The minimum Gasteiger partial charge on any atom is -0.358 e. The van der Waals surface area contributed by atoms with Crippen LogP contribution in [0.1, 0.15) is 19.8 Å². The zero-order valence-corrected chi connectivity index (χ0v) is 6.00. The molecule has 0 unspecified atom stereocenters. The van der Waals surface area contributed by atoms with Gasteiger partial charge in [-0.15, -0.1) is 0 Å². The number of hydrogen-bond acceptors (Lipinski definition) is 2. The van der Waals surface area contributed by atoms with Crippen LogP contribution in [0.2, 0.25) is 0 Å². The molecule has 2 nitrogen and oxygen atoms in total. The van der Waals surface area contributed by atoms with Crippen LogP contribution in [0, 0.1) is 0 Å². The first kappa shape index (κ1) is 5.69. The molecule has 0 amide bonds. The summed E-state index contributed by atoms with van der Waals surface area (Å²) in [4.78, 5) is 2.33. The van der Waals surface area contributed by atoms with Gasteiger partial charge in [-0.2, -0.15) is 0 Å². The molecule has 0 radical (unpaired) electrons. The molecular formula is C7H13NO. The maximum absolute atomic E-state index is 5.62. The van der Waals surface area contributed by atoms with E-state index < -0.39 is 0 Å². The predicted octanol–water partition coefficient (Wildman–Crippen LogP) is 0.825. The van der Waals surface area contributed by atoms with E-state index in [-0.39, 0.29) is 0 Å². The van der Waals surface area contributed by atoms with Crippen LogP contribution < -0.4 is 0 Å². The van der Waals surface area contributed by atoms with Crippen molar-refractivity contribution in [3.05, 3.63) is 0 Å². The summed E-state index contributed by atoms with van der Waals surface area (Å²) >= 11 is 0. The van der Waals surface area contributed by atoms with Crippen LogP contribution in [0.3, 0.4) is 0 Å². The smallest absolute Gasteiger partial charge is 0.111 e. The van der Waals surface area contributed by atoms with Crippen molar-refractivity contribution in [3.8, 4) is 0 Å². The lowest BCUT2D eigenvalue weighted by atomic mass is 10.0. The first-order valence-electron chi connectivity index (χ1n) is 3.66. The van der Waals surface area contributed by atoms with Crippen molar-refractivity contribution < 1.29 is 4.74 Å². The highest BCUT2D eigenvalue weighted by Crippen LogP contribution is 2.34. The third kappa shape index (κ3) is 0.634. The number of fused-ring (bicyclic) bond motifs is 2. The van der Waals surface area contributed by atoms with Crippen LogP contribution in [-0.2, 0) is 4.74 Å². The lowest BCUT2D eigenvalue weighted by Crippen LogP contribution is -2.36. The number of ether oxygens (including phenoxy) is 1. The molecule has 0 aliphatic carbocycles. The van der Waals surface area contributed by atoms with Crippen LogP contribution in [0.15, 0.2) is 0 Å². The Kier molecular flexibility index (Phi) is 1.08. The van der Waals surface area contributed by atoms with E-state index in [0.717, 1.165) is 0 Å². The molecule has 2 rings (SSSR count). The molecule has 9 heavy (non-hydrogen) atoms. The number of nitrogens with zero attached hydrogens (tertiary/aromatic N) is 1. The van der Waals surface area contributed by atoms with Gasteiger partial charge in [0, 0.05) is 6.04 Å². The molecule has 2 heteroatoms. The zero-order chi connectivity index (χ0) is 6.43. The van der Waals surface area contributed by atoms with Gasteiger partial charge in [-0.3, -0.25) is 4.90 Å². The summed E-state index contributed by atoms with van der Waals surface area (Å²) in [5.41, 5.74) is 0. The first-order chi connectivity index (χ1) is 4.29. The third-order valence-corrected chi connectivity index (χ3v) is 2.66. The molecule has 52 valence electrons. The normalized spacial score (nSPS) is 50.7. The lowest BCUT2D eigenvalue weighted by Gasteiger charge is -2.24. The van der Waals surface area contributed by atoms with Gasteiger partial charge >= 0.3 is 0 Å². The summed E-state index contributed by atoms with van der Waals surface area (Å²) in [6.45, 7) is 2.24. The minimum atomic E-state index is 0.449. The van der Waals surface area contributed by atoms with Gasteiger partial charge in [-0.05, 0) is 26.8 Å². The van der Waals surface area contributed by atoms with Crippen LogP contribution in [0.5, 0.6) is 0 Å². The largest absolute Gasteiger partial charge is 0.358 e. The van der Waals surface area contributed by atoms with Gasteiger partial charge in [0.05, 0.1) is 6.10 Å². The van der Waals surface area contributed by atoms with Gasteiger partial charge in [0.2, 0.25) is 0 Å². The fraction of sp³-hybridized carbons (Fsp3) is 1.00. The maximum Gasteiger partial charge on any atom is 0.111 e. The van der Waals surface area contributed by atoms with Crippen LogP contribution >= 0.6 is 0 Å². The second-order valence-corrected chi connectivity index (χ2v) is 3.11. The molecule has 0 saturated carbocycles. The number of likely N-dealkylation sites (tertiary alicyclic amines) is 1. The first-order valence-corrected chi connectivity index (χ1v) is 3.66. The van der Waals surface area contributed by atoms with E-state index in [1.165, 1.54) is 12.8 Å². The summed E-state index contributed by atoms with van der Waals surface area (Å²) in [5, 5.41) is 0. The standard InChI is InChI=1S/C7H13NO/c1-5-6-3-4-7(9-6)8(5)2/h5-7H,3-4H2,1-2H3/t5-,6-,7+/m1/s1. The SMILES string of the molecule is C[C@@H]1[C@H]2CC[C@H](O2)N1C. The van der Waals surface area contributed by atoms with E-state index in [9.17, 15) is 0 Å². The fourth-order valence-electron chi connectivity index (χ4n) is 1.82. The number of likely N-dealkylation sites (N-methyl/N-ethyl adjacent to an activating group) is 1. The molecule has 3 atom stereocenters. The van der Waals surface area contributed by atoms with Crippen molar-refractivity contribution in [1.29, 1.82) is 0 Å². The molecule has 2 aliphatic rings. The van der Waals surface area contributed by atoms with Gasteiger partial charge in [0.1, 0.15) is 6.23 Å². The van der Waals surface area contributed by atoms with E-state index >= 15 is 0 Å². The molecule has 0 aromatic heterocycles. The molecular weight excluding hydrogens is 114 g/mol. The second-order valence-electron chi connectivity index (χ2n) is 3.11. The average molecular weight is 127 g/mol. The monoisotopic (exact) mass is 127 g/mol. The van der Waals surface area contributed by atoms with E-state index in [1.54, 1.807) is 0 Å². The third-order valence-electron chi connectivity index (χ3n) is 2.66. The van der Waals surface area contributed by atoms with Crippen molar-refractivity contribution in [3.63, 3.8) is 0 Å². The Labute approximate surface area is 55.8 Å². The Morgan fingerprint density at radius 2 is 2.22 bits per heavy atom. The Morgan fingerprint density at radius 3 is 2.56 bits per heavy atom. The van der Waals surface area contributed by atoms with E-state index in [4.69, 9.17) is 4.74 Å². The maximum atomic E-state index is 5.62. The van der Waals surface area contributed by atoms with Crippen molar-refractivity contribution >= 4 is 0 Å². The Bertz CT molecular complexity index is 108. The van der Waals surface area contributed by atoms with E-state index in [2.05, 4.69) is 18.9 Å². The van der Waals surface area contributed by atoms with Gasteiger partial charge in [0.15, 0.2) is 0 Å². The van der Waals surface area contributed by atoms with E-state index in [1.807, 2.05) is 0 Å². The molecule has 0 spiro atoms. The van der Waals surface area contributed by atoms with E-state index in [0.29, 0.717) is 18.4 Å². The molecule has 0 aromatic rings. The molecule has 0 aromatic carbocycles. The Morgan fingerprint density at radius 1 is 1.44 bits per heavy atom. The van der Waals surface area contributed by atoms with Gasteiger partial charge in [0.25, 0.3) is 0 Å². The minimum absolute atomic E-state index is 0.449. The van der Waals surface area contributed by atoms with Crippen LogP contribution in [0.25, 0.3) is 0 Å². The summed E-state index contributed by atoms with van der Waals surface area (Å²) in [6, 6.07) is 0.656. The number of rotatable bonds is 0. The second kappa shape index (κ2) is 1.70. The van der Waals surface area contributed by atoms with Crippen LogP contribution in [0.4, 0.5) is 0 Å². The summed E-state index contributed by atoms with van der Waals surface area (Å²) in [5.74, 6) is 0. The quantitative estimate of drug-likeness (QED) is 0.478. The summed E-state index contributed by atoms with van der Waals surface area (Å²) < 4.78 is 5.62. The Hall–Kier alpha value is -0.0800. The fourth-order valence-corrected chi connectivity index (χ4v) is 1.82. The highest BCUT2D eigenvalue weighted by molar-refractivity contribution is 4.90. The van der Waals surface area contributed by atoms with Crippen molar-refractivity contribution in [2.75, 3.05) is 7.05 Å².